The van der Waals surface area contributed by atoms with Crippen LogP contribution in [0.15, 0.2) is 36.7 Å². The van der Waals surface area contributed by atoms with Gasteiger partial charge < -0.3 is 19.9 Å². The second kappa shape index (κ2) is 6.72. The topological polar surface area (TPSA) is 70.2 Å². The van der Waals surface area contributed by atoms with Crippen molar-refractivity contribution in [3.05, 3.63) is 47.2 Å². The molecule has 154 valence electrons. The summed E-state index contributed by atoms with van der Waals surface area (Å²) in [7, 11) is 0. The molecule has 1 spiro atoms. The second-order valence-electron chi connectivity index (χ2n) is 8.78. The number of halogens is 1. The number of amides is 1. The first-order valence-corrected chi connectivity index (χ1v) is 10.9. The van der Waals surface area contributed by atoms with Crippen LogP contribution in [-0.2, 0) is 11.2 Å². The van der Waals surface area contributed by atoms with Crippen LogP contribution in [0.4, 0.5) is 0 Å². The van der Waals surface area contributed by atoms with Crippen LogP contribution < -0.4 is 10.1 Å². The Morgan fingerprint density at radius 2 is 2.03 bits per heavy atom. The summed E-state index contributed by atoms with van der Waals surface area (Å²) in [6.45, 7) is 3.81. The first kappa shape index (κ1) is 18.2. The SMILES string of the molecule is O=C([C@@H]1Cc2cc(Cl)cc(-c3ccnc4[nH]ccc34)c2O1)N1CCC2(CC1)CNC2. The smallest absolute Gasteiger partial charge is 0.263 e. The number of carbonyl (C=O) groups is 1. The quantitative estimate of drug-likeness (QED) is 0.664. The summed E-state index contributed by atoms with van der Waals surface area (Å²) in [5.74, 6) is 0.861. The summed E-state index contributed by atoms with van der Waals surface area (Å²) in [6.07, 6.45) is 5.88. The van der Waals surface area contributed by atoms with E-state index in [-0.39, 0.29) is 5.91 Å². The lowest BCUT2D eigenvalue weighted by Gasteiger charge is -2.48. The Morgan fingerprint density at radius 3 is 2.80 bits per heavy atom. The number of benzene rings is 1. The number of nitrogens with zero attached hydrogens (tertiary/aromatic N) is 2. The van der Waals surface area contributed by atoms with Crippen molar-refractivity contribution in [1.82, 2.24) is 20.2 Å². The summed E-state index contributed by atoms with van der Waals surface area (Å²) >= 11 is 6.45. The Labute approximate surface area is 179 Å². The Morgan fingerprint density at radius 1 is 1.20 bits per heavy atom. The monoisotopic (exact) mass is 422 g/mol. The summed E-state index contributed by atoms with van der Waals surface area (Å²) in [4.78, 5) is 22.7. The third-order valence-corrected chi connectivity index (χ3v) is 7.18. The maximum Gasteiger partial charge on any atom is 0.263 e. The minimum Gasteiger partial charge on any atom is -0.479 e. The minimum absolute atomic E-state index is 0.0944. The van der Waals surface area contributed by atoms with Crippen LogP contribution in [0.1, 0.15) is 18.4 Å². The van der Waals surface area contributed by atoms with E-state index in [9.17, 15) is 4.79 Å². The highest BCUT2D eigenvalue weighted by Gasteiger charge is 2.42. The maximum atomic E-state index is 13.2. The third-order valence-electron chi connectivity index (χ3n) is 6.96. The van der Waals surface area contributed by atoms with Crippen molar-refractivity contribution in [2.75, 3.05) is 26.2 Å². The van der Waals surface area contributed by atoms with E-state index < -0.39 is 6.10 Å². The number of likely N-dealkylation sites (tertiary alicyclic amines) is 1. The fraction of sp³-hybridized carbons (Fsp3) is 0.391. The van der Waals surface area contributed by atoms with Gasteiger partial charge in [0, 0.05) is 66.5 Å². The zero-order chi connectivity index (χ0) is 20.3. The largest absolute Gasteiger partial charge is 0.479 e. The summed E-state index contributed by atoms with van der Waals surface area (Å²) in [5, 5.41) is 5.03. The van der Waals surface area contributed by atoms with Crippen LogP contribution in [0.2, 0.25) is 5.02 Å². The van der Waals surface area contributed by atoms with Gasteiger partial charge in [-0.3, -0.25) is 4.79 Å². The van der Waals surface area contributed by atoms with Gasteiger partial charge in [-0.1, -0.05) is 11.6 Å². The van der Waals surface area contributed by atoms with Gasteiger partial charge in [0.1, 0.15) is 11.4 Å². The van der Waals surface area contributed by atoms with Crippen LogP contribution in [0.3, 0.4) is 0 Å². The molecule has 30 heavy (non-hydrogen) atoms. The number of carbonyl (C=O) groups excluding carboxylic acids is 1. The first-order valence-electron chi connectivity index (χ1n) is 10.5. The van der Waals surface area contributed by atoms with E-state index in [1.165, 1.54) is 0 Å². The number of aromatic nitrogens is 2. The highest BCUT2D eigenvalue weighted by Crippen LogP contribution is 2.43. The molecule has 5 heterocycles. The molecular formula is C23H23ClN4O2. The number of hydrogen-bond acceptors (Lipinski definition) is 4. The molecule has 0 saturated carbocycles. The van der Waals surface area contributed by atoms with Crippen molar-refractivity contribution in [3.8, 4) is 16.9 Å². The van der Waals surface area contributed by atoms with Crippen molar-refractivity contribution in [2.45, 2.75) is 25.4 Å². The zero-order valence-corrected chi connectivity index (χ0v) is 17.3. The fourth-order valence-electron chi connectivity index (χ4n) is 5.10. The molecule has 1 atom stereocenters. The van der Waals surface area contributed by atoms with E-state index in [2.05, 4.69) is 15.3 Å². The number of fused-ring (bicyclic) bond motifs is 2. The molecule has 0 bridgehead atoms. The summed E-state index contributed by atoms with van der Waals surface area (Å²) in [5.41, 5.74) is 4.15. The molecule has 1 aromatic carbocycles. The van der Waals surface area contributed by atoms with Gasteiger partial charge in [0.25, 0.3) is 5.91 Å². The average molecular weight is 423 g/mol. The van der Waals surface area contributed by atoms with Crippen LogP contribution in [0, 0.1) is 5.41 Å². The molecule has 1 amide bonds. The normalized spacial score (nSPS) is 22.0. The molecule has 7 heteroatoms. The van der Waals surface area contributed by atoms with Crippen LogP contribution in [-0.4, -0.2) is 53.1 Å². The van der Waals surface area contributed by atoms with E-state index >= 15 is 0 Å². The van der Waals surface area contributed by atoms with Crippen LogP contribution >= 0.6 is 11.6 Å². The number of ether oxygens (including phenoxy) is 1. The van der Waals surface area contributed by atoms with E-state index in [4.69, 9.17) is 16.3 Å². The molecule has 2 N–H and O–H groups in total. The van der Waals surface area contributed by atoms with E-state index in [0.29, 0.717) is 16.9 Å². The van der Waals surface area contributed by atoms with Gasteiger partial charge in [-0.2, -0.15) is 0 Å². The molecule has 2 fully saturated rings. The number of H-pyrrole nitrogens is 1. The Kier molecular flexibility index (Phi) is 4.08. The number of aromatic amines is 1. The number of hydrogen-bond donors (Lipinski definition) is 2. The number of pyridine rings is 1. The average Bonchev–Trinajstić information content (AvgIpc) is 3.38. The number of rotatable bonds is 2. The Balaban J connectivity index is 1.29. The predicted octanol–water partition coefficient (Wildman–Crippen LogP) is 3.40. The van der Waals surface area contributed by atoms with Gasteiger partial charge in [0.15, 0.2) is 6.10 Å². The maximum absolute atomic E-state index is 13.2. The van der Waals surface area contributed by atoms with Crippen molar-refractivity contribution < 1.29 is 9.53 Å². The molecule has 2 aromatic heterocycles. The molecule has 0 unspecified atom stereocenters. The minimum atomic E-state index is -0.477. The zero-order valence-electron chi connectivity index (χ0n) is 16.6. The lowest BCUT2D eigenvalue weighted by Crippen LogP contribution is -2.59. The van der Waals surface area contributed by atoms with Crippen molar-refractivity contribution in [1.29, 1.82) is 0 Å². The van der Waals surface area contributed by atoms with E-state index in [1.807, 2.05) is 35.4 Å². The molecule has 3 aromatic rings. The Hall–Kier alpha value is -2.57. The molecule has 3 aliphatic rings. The van der Waals surface area contributed by atoms with Gasteiger partial charge in [0.2, 0.25) is 0 Å². The molecule has 6 nitrogen and oxygen atoms in total. The lowest BCUT2D eigenvalue weighted by molar-refractivity contribution is -0.140. The summed E-state index contributed by atoms with van der Waals surface area (Å²) in [6, 6.07) is 7.82. The summed E-state index contributed by atoms with van der Waals surface area (Å²) < 4.78 is 6.29. The second-order valence-corrected chi connectivity index (χ2v) is 9.22. The highest BCUT2D eigenvalue weighted by molar-refractivity contribution is 6.31. The highest BCUT2D eigenvalue weighted by atomic mass is 35.5. The van der Waals surface area contributed by atoms with Gasteiger partial charge >= 0.3 is 0 Å². The van der Waals surface area contributed by atoms with Crippen molar-refractivity contribution in [3.63, 3.8) is 0 Å². The molecular weight excluding hydrogens is 400 g/mol. The van der Waals surface area contributed by atoms with Crippen molar-refractivity contribution in [2.24, 2.45) is 5.41 Å². The predicted molar refractivity (Wildman–Crippen MR) is 116 cm³/mol. The molecule has 3 aliphatic heterocycles. The standard InChI is InChI=1S/C23H23ClN4O2/c24-15-9-14-10-19(22(29)28-7-3-23(4-8-28)12-25-13-23)30-20(14)18(11-15)16-1-5-26-21-17(16)2-6-27-21/h1-2,5-6,9,11,19,25H,3-4,7-8,10,12-13H2,(H,26,27)/t19-/m0/s1. The van der Waals surface area contributed by atoms with E-state index in [0.717, 1.165) is 72.5 Å². The van der Waals surface area contributed by atoms with Gasteiger partial charge in [-0.25, -0.2) is 4.98 Å². The van der Waals surface area contributed by atoms with Crippen molar-refractivity contribution >= 4 is 28.5 Å². The van der Waals surface area contributed by atoms with Gasteiger partial charge in [-0.05, 0) is 48.1 Å². The molecule has 2 saturated heterocycles. The lowest BCUT2D eigenvalue weighted by atomic mass is 9.73. The fourth-order valence-corrected chi connectivity index (χ4v) is 5.34. The molecule has 0 aliphatic carbocycles. The van der Waals surface area contributed by atoms with E-state index in [1.54, 1.807) is 6.20 Å². The van der Waals surface area contributed by atoms with Crippen LogP contribution in [0.25, 0.3) is 22.2 Å². The molecule has 0 radical (unpaired) electrons. The number of nitrogens with one attached hydrogen (secondary N) is 2. The number of piperidine rings is 1. The van der Waals surface area contributed by atoms with Gasteiger partial charge in [0.05, 0.1) is 0 Å². The third kappa shape index (κ3) is 2.81. The molecule has 6 rings (SSSR count). The first-order chi connectivity index (χ1) is 14.6. The van der Waals surface area contributed by atoms with Crippen LogP contribution in [0.5, 0.6) is 5.75 Å². The van der Waals surface area contributed by atoms with Gasteiger partial charge in [-0.15, -0.1) is 0 Å². The Bertz CT molecular complexity index is 1140.